The van der Waals surface area contributed by atoms with E-state index in [-0.39, 0.29) is 12.1 Å². The highest BCUT2D eigenvalue weighted by Crippen LogP contribution is 2.16. The van der Waals surface area contributed by atoms with E-state index >= 15 is 0 Å². The summed E-state index contributed by atoms with van der Waals surface area (Å²) in [6, 6.07) is 12.7. The van der Waals surface area contributed by atoms with Crippen molar-refractivity contribution < 1.29 is 9.53 Å². The number of anilines is 1. The number of carbonyl (C=O) groups is 1. The van der Waals surface area contributed by atoms with Crippen LogP contribution in [0.4, 0.5) is 5.69 Å². The summed E-state index contributed by atoms with van der Waals surface area (Å²) in [6.45, 7) is 0.176. The third kappa shape index (κ3) is 5.00. The molecule has 0 bridgehead atoms. The number of hydrogen-bond acceptors (Lipinski definition) is 5. The lowest BCUT2D eigenvalue weighted by atomic mass is 10.4. The molecule has 0 amide bonds. The standard InChI is InChI=1S/C15H16N2O3S/c16-12-6-7-14(18)17(10-12)11-15(19)20-8-9-21-13-4-2-1-3-5-13/h1-7,10H,8-9,11,16H2. The molecule has 0 radical (unpaired) electrons. The van der Waals surface area contributed by atoms with Crippen molar-refractivity contribution >= 4 is 23.4 Å². The van der Waals surface area contributed by atoms with Crippen molar-refractivity contribution in [3.05, 3.63) is 59.0 Å². The number of aromatic nitrogens is 1. The van der Waals surface area contributed by atoms with E-state index in [0.717, 1.165) is 4.90 Å². The predicted octanol–water partition coefficient (Wildman–Crippen LogP) is 1.77. The predicted molar refractivity (Wildman–Crippen MR) is 83.2 cm³/mol. The van der Waals surface area contributed by atoms with Crippen LogP contribution >= 0.6 is 11.8 Å². The number of thioether (sulfide) groups is 1. The Morgan fingerprint density at radius 2 is 1.95 bits per heavy atom. The normalized spacial score (nSPS) is 10.3. The Morgan fingerprint density at radius 1 is 1.19 bits per heavy atom. The Kier molecular flexibility index (Phi) is 5.45. The van der Waals surface area contributed by atoms with Crippen LogP contribution in [0.25, 0.3) is 0 Å². The van der Waals surface area contributed by atoms with Gasteiger partial charge in [-0.15, -0.1) is 11.8 Å². The number of nitrogens with zero attached hydrogens (tertiary/aromatic N) is 1. The van der Waals surface area contributed by atoms with Crippen LogP contribution in [0.2, 0.25) is 0 Å². The molecule has 0 aliphatic rings. The van der Waals surface area contributed by atoms with Gasteiger partial charge in [0.25, 0.3) is 5.56 Å². The lowest BCUT2D eigenvalue weighted by molar-refractivity contribution is -0.143. The minimum atomic E-state index is -0.448. The van der Waals surface area contributed by atoms with Crippen molar-refractivity contribution in [2.45, 2.75) is 11.4 Å². The summed E-state index contributed by atoms with van der Waals surface area (Å²) < 4.78 is 6.34. The SMILES string of the molecule is Nc1ccc(=O)n(CC(=O)OCCSc2ccccc2)c1. The molecule has 1 heterocycles. The summed E-state index contributed by atoms with van der Waals surface area (Å²) in [5.41, 5.74) is 5.73. The van der Waals surface area contributed by atoms with Crippen molar-refractivity contribution in [3.63, 3.8) is 0 Å². The van der Waals surface area contributed by atoms with Crippen LogP contribution in [0.15, 0.2) is 58.4 Å². The minimum Gasteiger partial charge on any atom is -0.463 e. The second-order valence-corrected chi connectivity index (χ2v) is 5.48. The van der Waals surface area contributed by atoms with Gasteiger partial charge in [0.1, 0.15) is 13.2 Å². The molecule has 2 N–H and O–H groups in total. The maximum absolute atomic E-state index is 11.7. The van der Waals surface area contributed by atoms with Gasteiger partial charge in [0, 0.05) is 28.6 Å². The molecule has 1 aromatic heterocycles. The van der Waals surface area contributed by atoms with E-state index in [0.29, 0.717) is 18.0 Å². The largest absolute Gasteiger partial charge is 0.463 e. The fourth-order valence-corrected chi connectivity index (χ4v) is 2.44. The summed E-state index contributed by atoms with van der Waals surface area (Å²) in [5, 5.41) is 0. The molecular weight excluding hydrogens is 288 g/mol. The van der Waals surface area contributed by atoms with Crippen molar-refractivity contribution in [1.82, 2.24) is 4.57 Å². The monoisotopic (exact) mass is 304 g/mol. The number of ether oxygens (including phenoxy) is 1. The number of rotatable bonds is 6. The van der Waals surface area contributed by atoms with E-state index in [4.69, 9.17) is 10.5 Å². The first-order chi connectivity index (χ1) is 10.1. The molecule has 0 fully saturated rings. The first kappa shape index (κ1) is 15.2. The maximum atomic E-state index is 11.7. The number of nitrogen functional groups attached to an aromatic ring is 1. The van der Waals surface area contributed by atoms with Gasteiger partial charge < -0.3 is 15.0 Å². The van der Waals surface area contributed by atoms with Gasteiger partial charge >= 0.3 is 5.97 Å². The highest BCUT2D eigenvalue weighted by atomic mass is 32.2. The zero-order chi connectivity index (χ0) is 15.1. The highest BCUT2D eigenvalue weighted by Gasteiger charge is 2.06. The van der Waals surface area contributed by atoms with E-state index in [1.54, 1.807) is 11.8 Å². The lowest BCUT2D eigenvalue weighted by Crippen LogP contribution is -2.25. The minimum absolute atomic E-state index is 0.125. The molecule has 21 heavy (non-hydrogen) atoms. The summed E-state index contributed by atoms with van der Waals surface area (Å²) in [7, 11) is 0. The molecule has 0 atom stereocenters. The summed E-state index contributed by atoms with van der Waals surface area (Å²) in [6.07, 6.45) is 1.43. The van der Waals surface area contributed by atoms with E-state index in [1.807, 2.05) is 30.3 Å². The Morgan fingerprint density at radius 3 is 2.71 bits per heavy atom. The molecule has 0 saturated carbocycles. The number of esters is 1. The molecule has 2 rings (SSSR count). The van der Waals surface area contributed by atoms with Crippen LogP contribution in [-0.4, -0.2) is 22.9 Å². The summed E-state index contributed by atoms with van der Waals surface area (Å²) in [5.74, 6) is 0.220. The van der Waals surface area contributed by atoms with Gasteiger partial charge in [0.05, 0.1) is 0 Å². The molecule has 0 aliphatic heterocycles. The smallest absolute Gasteiger partial charge is 0.326 e. The Hall–Kier alpha value is -2.21. The Labute approximate surface area is 126 Å². The topological polar surface area (TPSA) is 74.3 Å². The molecule has 0 spiro atoms. The van der Waals surface area contributed by atoms with E-state index in [1.165, 1.54) is 22.9 Å². The second-order valence-electron chi connectivity index (χ2n) is 4.31. The van der Waals surface area contributed by atoms with Gasteiger partial charge in [-0.2, -0.15) is 0 Å². The number of pyridine rings is 1. The summed E-state index contributed by atoms with van der Waals surface area (Å²) >= 11 is 1.61. The van der Waals surface area contributed by atoms with Crippen molar-refractivity contribution in [1.29, 1.82) is 0 Å². The number of hydrogen-bond donors (Lipinski definition) is 1. The number of benzene rings is 1. The van der Waals surface area contributed by atoms with Gasteiger partial charge in [-0.05, 0) is 18.2 Å². The van der Waals surface area contributed by atoms with Crippen molar-refractivity contribution in [2.75, 3.05) is 18.1 Å². The molecule has 6 heteroatoms. The number of nitrogens with two attached hydrogens (primary N) is 1. The molecule has 1 aromatic carbocycles. The Balaban J connectivity index is 1.75. The van der Waals surface area contributed by atoms with Crippen LogP contribution in [-0.2, 0) is 16.1 Å². The molecule has 2 aromatic rings. The zero-order valence-corrected chi connectivity index (χ0v) is 12.2. The number of carbonyl (C=O) groups excluding carboxylic acids is 1. The molecule has 0 aliphatic carbocycles. The van der Waals surface area contributed by atoms with E-state index in [9.17, 15) is 9.59 Å². The second kappa shape index (κ2) is 7.54. The fourth-order valence-electron chi connectivity index (χ4n) is 1.69. The summed E-state index contributed by atoms with van der Waals surface area (Å²) in [4.78, 5) is 24.3. The first-order valence-corrected chi connectivity index (χ1v) is 7.43. The van der Waals surface area contributed by atoms with Crippen LogP contribution in [0.3, 0.4) is 0 Å². The molecule has 0 unspecified atom stereocenters. The first-order valence-electron chi connectivity index (χ1n) is 6.44. The van der Waals surface area contributed by atoms with Crippen molar-refractivity contribution in [2.24, 2.45) is 0 Å². The Bertz CT molecular complexity index is 655. The molecule has 0 saturated heterocycles. The third-order valence-corrected chi connectivity index (χ3v) is 3.64. The van der Waals surface area contributed by atoms with Gasteiger partial charge in [-0.25, -0.2) is 0 Å². The van der Waals surface area contributed by atoms with Gasteiger partial charge in [-0.1, -0.05) is 18.2 Å². The van der Waals surface area contributed by atoms with E-state index < -0.39 is 5.97 Å². The fraction of sp³-hybridized carbons (Fsp3) is 0.200. The molecule has 110 valence electrons. The molecule has 5 nitrogen and oxygen atoms in total. The average Bonchev–Trinajstić information content (AvgIpc) is 2.48. The van der Waals surface area contributed by atoms with Crippen LogP contribution in [0.5, 0.6) is 0 Å². The zero-order valence-electron chi connectivity index (χ0n) is 11.4. The van der Waals surface area contributed by atoms with E-state index in [2.05, 4.69) is 0 Å². The molecular formula is C15H16N2O3S. The van der Waals surface area contributed by atoms with Crippen LogP contribution < -0.4 is 11.3 Å². The van der Waals surface area contributed by atoms with Crippen LogP contribution in [0, 0.1) is 0 Å². The highest BCUT2D eigenvalue weighted by molar-refractivity contribution is 7.99. The maximum Gasteiger partial charge on any atom is 0.326 e. The van der Waals surface area contributed by atoms with Crippen LogP contribution in [0.1, 0.15) is 0 Å². The van der Waals surface area contributed by atoms with Gasteiger partial charge in [-0.3, -0.25) is 9.59 Å². The lowest BCUT2D eigenvalue weighted by Gasteiger charge is -2.07. The van der Waals surface area contributed by atoms with Crippen molar-refractivity contribution in [3.8, 4) is 0 Å². The van der Waals surface area contributed by atoms with Gasteiger partial charge in [0.2, 0.25) is 0 Å². The third-order valence-electron chi connectivity index (χ3n) is 2.66. The van der Waals surface area contributed by atoms with Gasteiger partial charge in [0.15, 0.2) is 0 Å². The average molecular weight is 304 g/mol. The quantitative estimate of drug-likeness (QED) is 0.500.